The van der Waals surface area contributed by atoms with Crippen LogP contribution in [0.5, 0.6) is 0 Å². The average Bonchev–Trinajstić information content (AvgIpc) is 3.22. The van der Waals surface area contributed by atoms with Crippen molar-refractivity contribution in [3.05, 3.63) is 52.7 Å². The second-order valence-corrected chi connectivity index (χ2v) is 9.80. The van der Waals surface area contributed by atoms with Crippen molar-refractivity contribution < 1.29 is 9.53 Å². The SMILES string of the molecule is CCC(=O)N(c1ccccc1)C1(COC)CCN(CCc2cccs2)C(I)C1. The predicted molar refractivity (Wildman–Crippen MR) is 125 cm³/mol. The molecule has 0 aliphatic carbocycles. The summed E-state index contributed by atoms with van der Waals surface area (Å²) < 4.78 is 6.04. The highest BCUT2D eigenvalue weighted by Gasteiger charge is 2.45. The third-order valence-electron chi connectivity index (χ3n) is 5.49. The van der Waals surface area contributed by atoms with Gasteiger partial charge in [0.05, 0.1) is 16.2 Å². The third-order valence-corrected chi connectivity index (χ3v) is 7.65. The maximum atomic E-state index is 13.0. The van der Waals surface area contributed by atoms with Gasteiger partial charge < -0.3 is 9.64 Å². The van der Waals surface area contributed by atoms with Crippen LogP contribution >= 0.6 is 33.9 Å². The maximum absolute atomic E-state index is 13.0. The second-order valence-electron chi connectivity index (χ2n) is 7.33. The number of methoxy groups -OCH3 is 1. The number of rotatable bonds is 8. The number of hydrogen-bond acceptors (Lipinski definition) is 4. The van der Waals surface area contributed by atoms with Crippen LogP contribution in [0.25, 0.3) is 0 Å². The van der Waals surface area contributed by atoms with Crippen molar-refractivity contribution in [1.82, 2.24) is 4.90 Å². The zero-order valence-corrected chi connectivity index (χ0v) is 19.6. The van der Waals surface area contributed by atoms with Gasteiger partial charge in [0.2, 0.25) is 5.91 Å². The molecule has 2 unspecified atom stereocenters. The van der Waals surface area contributed by atoms with E-state index in [0.29, 0.717) is 17.1 Å². The summed E-state index contributed by atoms with van der Waals surface area (Å²) in [5, 5.41) is 2.14. The lowest BCUT2D eigenvalue weighted by atomic mass is 9.85. The number of amides is 1. The normalized spacial score (nSPS) is 22.9. The number of ether oxygens (including phenoxy) is 1. The molecule has 1 aliphatic heterocycles. The summed E-state index contributed by atoms with van der Waals surface area (Å²) in [6.45, 7) is 4.54. The molecule has 28 heavy (non-hydrogen) atoms. The Bertz CT molecular complexity index is 740. The van der Waals surface area contributed by atoms with Gasteiger partial charge in [-0.3, -0.25) is 9.69 Å². The first-order valence-electron chi connectivity index (χ1n) is 9.87. The van der Waals surface area contributed by atoms with Gasteiger partial charge in [0.15, 0.2) is 0 Å². The van der Waals surface area contributed by atoms with Crippen LogP contribution in [0.2, 0.25) is 0 Å². The van der Waals surface area contributed by atoms with Gasteiger partial charge in [-0.25, -0.2) is 0 Å². The first-order valence-corrected chi connectivity index (χ1v) is 12.0. The van der Waals surface area contributed by atoms with Crippen molar-refractivity contribution in [1.29, 1.82) is 0 Å². The molecule has 1 aromatic carbocycles. The average molecular weight is 512 g/mol. The minimum absolute atomic E-state index is 0.166. The Hall–Kier alpha value is -0.960. The van der Waals surface area contributed by atoms with Crippen molar-refractivity contribution in [2.24, 2.45) is 0 Å². The summed E-state index contributed by atoms with van der Waals surface area (Å²) in [5.41, 5.74) is 0.677. The summed E-state index contributed by atoms with van der Waals surface area (Å²) in [5.74, 6) is 0.166. The summed E-state index contributed by atoms with van der Waals surface area (Å²) in [6.07, 6.45) is 3.41. The van der Waals surface area contributed by atoms with Crippen LogP contribution in [-0.2, 0) is 16.0 Å². The smallest absolute Gasteiger partial charge is 0.227 e. The Morgan fingerprint density at radius 2 is 2.11 bits per heavy atom. The first kappa shape index (κ1) is 21.7. The molecule has 0 bridgehead atoms. The van der Waals surface area contributed by atoms with E-state index in [2.05, 4.69) is 45.0 Å². The van der Waals surface area contributed by atoms with Crippen molar-refractivity contribution >= 4 is 45.5 Å². The molecule has 4 nitrogen and oxygen atoms in total. The Morgan fingerprint density at radius 1 is 1.32 bits per heavy atom. The highest BCUT2D eigenvalue weighted by molar-refractivity contribution is 14.1. The number of hydrogen-bond donors (Lipinski definition) is 0. The van der Waals surface area contributed by atoms with E-state index < -0.39 is 0 Å². The molecule has 1 aliphatic rings. The number of para-hydroxylation sites is 1. The Balaban J connectivity index is 1.80. The summed E-state index contributed by atoms with van der Waals surface area (Å²) >= 11 is 4.38. The molecule has 2 atom stereocenters. The van der Waals surface area contributed by atoms with E-state index in [1.807, 2.05) is 53.5 Å². The van der Waals surface area contributed by atoms with Gasteiger partial charge in [0.25, 0.3) is 0 Å². The number of likely N-dealkylation sites (tertiary alicyclic amines) is 1. The molecule has 0 radical (unpaired) electrons. The standard InChI is InChI=1S/C22H29IN2O2S/c1-3-21(26)25(18-8-5-4-6-9-18)22(17-27-2)12-14-24(20(23)16-22)13-11-19-10-7-15-28-19/h4-10,15,20H,3,11-14,16-17H2,1-2H3. The second kappa shape index (κ2) is 10.2. The van der Waals surface area contributed by atoms with E-state index in [0.717, 1.165) is 38.0 Å². The van der Waals surface area contributed by atoms with Gasteiger partial charge in [-0.1, -0.05) is 53.8 Å². The Morgan fingerprint density at radius 3 is 2.71 bits per heavy atom. The summed E-state index contributed by atoms with van der Waals surface area (Å²) in [7, 11) is 1.74. The van der Waals surface area contributed by atoms with Gasteiger partial charge in [-0.2, -0.15) is 0 Å². The quantitative estimate of drug-likeness (QED) is 0.284. The summed E-state index contributed by atoms with van der Waals surface area (Å²) in [6, 6.07) is 14.4. The van der Waals surface area contributed by atoms with Gasteiger partial charge in [-0.05, 0) is 42.8 Å². The number of halogens is 1. The molecule has 0 spiro atoms. The van der Waals surface area contributed by atoms with E-state index in [1.54, 1.807) is 7.11 Å². The van der Waals surface area contributed by atoms with Crippen molar-refractivity contribution in [3.8, 4) is 0 Å². The molecule has 2 heterocycles. The zero-order valence-electron chi connectivity index (χ0n) is 16.6. The molecule has 152 valence electrons. The van der Waals surface area contributed by atoms with Crippen LogP contribution in [-0.4, -0.2) is 47.2 Å². The Kier molecular flexibility index (Phi) is 7.91. The van der Waals surface area contributed by atoms with Crippen LogP contribution in [0.1, 0.15) is 31.1 Å². The number of carbonyl (C=O) groups is 1. The third kappa shape index (κ3) is 4.96. The highest BCUT2D eigenvalue weighted by Crippen LogP contribution is 2.38. The number of carbonyl (C=O) groups excluding carboxylic acids is 1. The molecule has 1 amide bonds. The number of thiophene rings is 1. The van der Waals surface area contributed by atoms with Crippen molar-refractivity contribution in [2.75, 3.05) is 31.7 Å². The minimum Gasteiger partial charge on any atom is -0.382 e. The highest BCUT2D eigenvalue weighted by atomic mass is 127. The number of benzene rings is 1. The van der Waals surface area contributed by atoms with Gasteiger partial charge in [0, 0.05) is 37.2 Å². The fourth-order valence-electron chi connectivity index (χ4n) is 4.08. The lowest BCUT2D eigenvalue weighted by molar-refractivity contribution is -0.120. The molecular weight excluding hydrogens is 483 g/mol. The Labute approximate surface area is 186 Å². The van der Waals surface area contributed by atoms with E-state index >= 15 is 0 Å². The fourth-order valence-corrected chi connectivity index (χ4v) is 6.16. The van der Waals surface area contributed by atoms with E-state index in [9.17, 15) is 4.79 Å². The fraction of sp³-hybridized carbons (Fsp3) is 0.500. The largest absolute Gasteiger partial charge is 0.382 e. The molecule has 1 saturated heterocycles. The molecule has 3 rings (SSSR count). The molecule has 2 aromatic rings. The molecule has 1 aromatic heterocycles. The predicted octanol–water partition coefficient (Wildman–Crippen LogP) is 4.98. The van der Waals surface area contributed by atoms with Crippen LogP contribution in [0, 0.1) is 0 Å². The monoisotopic (exact) mass is 512 g/mol. The number of nitrogens with zero attached hydrogens (tertiary/aromatic N) is 2. The van der Waals surface area contributed by atoms with E-state index in [1.165, 1.54) is 4.88 Å². The maximum Gasteiger partial charge on any atom is 0.227 e. The molecule has 0 saturated carbocycles. The zero-order chi connectivity index (χ0) is 20.0. The van der Waals surface area contributed by atoms with Crippen LogP contribution in [0.4, 0.5) is 5.69 Å². The van der Waals surface area contributed by atoms with Crippen LogP contribution in [0.3, 0.4) is 0 Å². The van der Waals surface area contributed by atoms with Gasteiger partial charge >= 0.3 is 0 Å². The van der Waals surface area contributed by atoms with Gasteiger partial charge in [-0.15, -0.1) is 11.3 Å². The molecule has 0 N–H and O–H groups in total. The van der Waals surface area contributed by atoms with Crippen molar-refractivity contribution in [2.45, 2.75) is 42.2 Å². The van der Waals surface area contributed by atoms with Crippen LogP contribution < -0.4 is 4.90 Å². The molecular formula is C22H29IN2O2S. The molecule has 1 fully saturated rings. The van der Waals surface area contributed by atoms with Crippen molar-refractivity contribution in [3.63, 3.8) is 0 Å². The van der Waals surface area contributed by atoms with Gasteiger partial charge in [0.1, 0.15) is 0 Å². The number of piperidine rings is 1. The lowest BCUT2D eigenvalue weighted by Crippen LogP contribution is -2.62. The minimum atomic E-state index is -0.297. The first-order chi connectivity index (χ1) is 13.6. The van der Waals surface area contributed by atoms with E-state index in [-0.39, 0.29) is 11.4 Å². The topological polar surface area (TPSA) is 32.8 Å². The van der Waals surface area contributed by atoms with Crippen LogP contribution in [0.15, 0.2) is 47.8 Å². The number of alkyl halides is 1. The van der Waals surface area contributed by atoms with E-state index in [4.69, 9.17) is 4.74 Å². The summed E-state index contributed by atoms with van der Waals surface area (Å²) in [4.78, 5) is 19.0. The lowest BCUT2D eigenvalue weighted by Gasteiger charge is -2.50. The molecule has 6 heteroatoms. The number of anilines is 1.